The van der Waals surface area contributed by atoms with E-state index in [0.29, 0.717) is 12.5 Å². The quantitative estimate of drug-likeness (QED) is 0.796. The second kappa shape index (κ2) is 4.43. The molecule has 0 saturated carbocycles. The molecule has 0 amide bonds. The first-order valence-corrected chi connectivity index (χ1v) is 6.13. The van der Waals surface area contributed by atoms with Crippen LogP contribution < -0.4 is 11.1 Å². The van der Waals surface area contributed by atoms with Crippen LogP contribution in [-0.4, -0.2) is 27.7 Å². The Hall–Kier alpha value is -1.46. The van der Waals surface area contributed by atoms with E-state index in [0.717, 1.165) is 43.0 Å². The fraction of sp³-hybridized carbons (Fsp3) is 0.500. The number of aromatic nitrogens is 3. The van der Waals surface area contributed by atoms with Gasteiger partial charge in [0.1, 0.15) is 0 Å². The lowest BCUT2D eigenvalue weighted by Crippen LogP contribution is -2.26. The molecule has 5 heteroatoms. The summed E-state index contributed by atoms with van der Waals surface area (Å²) < 4.78 is 1.87. The van der Waals surface area contributed by atoms with Crippen molar-refractivity contribution in [2.45, 2.75) is 25.3 Å². The van der Waals surface area contributed by atoms with E-state index in [1.807, 2.05) is 10.6 Å². The van der Waals surface area contributed by atoms with Gasteiger partial charge in [-0.05, 0) is 32.0 Å². The summed E-state index contributed by atoms with van der Waals surface area (Å²) in [4.78, 5) is 4.33. The van der Waals surface area contributed by atoms with Gasteiger partial charge in [-0.2, -0.15) is 5.10 Å². The molecule has 0 atom stereocenters. The normalized spacial score (nSPS) is 17.7. The van der Waals surface area contributed by atoms with Crippen LogP contribution in [0.3, 0.4) is 0 Å². The van der Waals surface area contributed by atoms with Crippen LogP contribution >= 0.6 is 0 Å². The van der Waals surface area contributed by atoms with Gasteiger partial charge in [0, 0.05) is 24.7 Å². The van der Waals surface area contributed by atoms with Crippen LogP contribution in [0.5, 0.6) is 0 Å². The molecule has 0 aromatic carbocycles. The molecule has 90 valence electrons. The van der Waals surface area contributed by atoms with Crippen LogP contribution in [0.2, 0.25) is 0 Å². The highest BCUT2D eigenvalue weighted by molar-refractivity contribution is 5.41. The Kier molecular flexibility index (Phi) is 2.78. The van der Waals surface area contributed by atoms with Crippen LogP contribution in [0.25, 0.3) is 5.65 Å². The number of fused-ring (bicyclic) bond motifs is 1. The molecule has 0 radical (unpaired) electrons. The minimum absolute atomic E-state index is 0.492. The molecule has 17 heavy (non-hydrogen) atoms. The highest BCUT2D eigenvalue weighted by Crippen LogP contribution is 2.24. The van der Waals surface area contributed by atoms with Crippen molar-refractivity contribution >= 4 is 5.65 Å². The maximum absolute atomic E-state index is 5.71. The molecule has 3 N–H and O–H groups in total. The maximum Gasteiger partial charge on any atom is 0.155 e. The third-order valence-electron chi connectivity index (χ3n) is 3.42. The predicted molar refractivity (Wildman–Crippen MR) is 65.7 cm³/mol. The minimum atomic E-state index is 0.492. The summed E-state index contributed by atoms with van der Waals surface area (Å²) in [5, 5.41) is 8.02. The molecular weight excluding hydrogens is 214 g/mol. The van der Waals surface area contributed by atoms with Crippen molar-refractivity contribution in [1.82, 2.24) is 19.9 Å². The van der Waals surface area contributed by atoms with Gasteiger partial charge in [0.15, 0.2) is 5.65 Å². The fourth-order valence-corrected chi connectivity index (χ4v) is 2.43. The van der Waals surface area contributed by atoms with Crippen molar-refractivity contribution in [1.29, 1.82) is 0 Å². The Morgan fingerprint density at radius 1 is 1.41 bits per heavy atom. The zero-order valence-corrected chi connectivity index (χ0v) is 9.76. The van der Waals surface area contributed by atoms with Gasteiger partial charge in [-0.3, -0.25) is 0 Å². The summed E-state index contributed by atoms with van der Waals surface area (Å²) in [6.07, 6.45) is 4.11. The van der Waals surface area contributed by atoms with Gasteiger partial charge in [0.05, 0.1) is 11.4 Å². The summed E-state index contributed by atoms with van der Waals surface area (Å²) >= 11 is 0. The Bertz CT molecular complexity index is 513. The van der Waals surface area contributed by atoms with Gasteiger partial charge in [0.2, 0.25) is 0 Å². The molecule has 1 fully saturated rings. The number of rotatable bonds is 2. The van der Waals surface area contributed by atoms with Gasteiger partial charge in [0.25, 0.3) is 0 Å². The van der Waals surface area contributed by atoms with Crippen molar-refractivity contribution in [2.75, 3.05) is 13.1 Å². The summed E-state index contributed by atoms with van der Waals surface area (Å²) in [5.74, 6) is 0.559. The molecule has 0 spiro atoms. The van der Waals surface area contributed by atoms with Gasteiger partial charge in [-0.1, -0.05) is 0 Å². The fourth-order valence-electron chi connectivity index (χ4n) is 2.43. The van der Waals surface area contributed by atoms with E-state index in [1.54, 1.807) is 6.20 Å². The number of nitrogens with one attached hydrogen (secondary N) is 1. The topological polar surface area (TPSA) is 68.2 Å². The van der Waals surface area contributed by atoms with Crippen molar-refractivity contribution in [3.8, 4) is 0 Å². The molecule has 1 aliphatic rings. The smallest absolute Gasteiger partial charge is 0.155 e. The van der Waals surface area contributed by atoms with E-state index in [4.69, 9.17) is 5.73 Å². The highest BCUT2D eigenvalue weighted by Gasteiger charge is 2.18. The average Bonchev–Trinajstić information content (AvgIpc) is 2.83. The molecule has 2 aromatic heterocycles. The van der Waals surface area contributed by atoms with Crippen LogP contribution in [0.15, 0.2) is 18.3 Å². The third kappa shape index (κ3) is 1.92. The molecule has 1 saturated heterocycles. The van der Waals surface area contributed by atoms with Crippen molar-refractivity contribution in [3.63, 3.8) is 0 Å². The van der Waals surface area contributed by atoms with E-state index >= 15 is 0 Å². The van der Waals surface area contributed by atoms with Gasteiger partial charge >= 0.3 is 0 Å². The summed E-state index contributed by atoms with van der Waals surface area (Å²) in [5.41, 5.74) is 8.77. The van der Waals surface area contributed by atoms with Gasteiger partial charge < -0.3 is 11.1 Å². The molecular formula is C12H17N5. The Labute approximate surface area is 100 Å². The molecule has 5 nitrogen and oxygen atoms in total. The minimum Gasteiger partial charge on any atom is -0.325 e. The van der Waals surface area contributed by atoms with E-state index < -0.39 is 0 Å². The first-order valence-electron chi connectivity index (χ1n) is 6.13. The third-order valence-corrected chi connectivity index (χ3v) is 3.42. The van der Waals surface area contributed by atoms with E-state index in [1.165, 1.54) is 0 Å². The molecule has 0 aliphatic carbocycles. The zero-order chi connectivity index (χ0) is 11.7. The number of hydrogen-bond acceptors (Lipinski definition) is 4. The number of piperidine rings is 1. The highest BCUT2D eigenvalue weighted by atomic mass is 15.3. The zero-order valence-electron chi connectivity index (χ0n) is 9.76. The molecule has 2 aromatic rings. The molecule has 3 rings (SSSR count). The van der Waals surface area contributed by atoms with Crippen molar-refractivity contribution in [3.05, 3.63) is 29.7 Å². The largest absolute Gasteiger partial charge is 0.325 e. The standard InChI is InChI=1S/C12H17N5/c13-8-10-3-6-15-12-7-11(16-17(10)12)9-1-4-14-5-2-9/h3,6-7,9,14H,1-2,4-5,8,13H2. The van der Waals surface area contributed by atoms with Crippen molar-refractivity contribution < 1.29 is 0 Å². The lowest BCUT2D eigenvalue weighted by molar-refractivity contribution is 0.451. The second-order valence-electron chi connectivity index (χ2n) is 4.50. The van der Waals surface area contributed by atoms with Crippen LogP contribution in [0.4, 0.5) is 0 Å². The number of nitrogens with zero attached hydrogens (tertiary/aromatic N) is 3. The Morgan fingerprint density at radius 2 is 2.24 bits per heavy atom. The SMILES string of the molecule is NCc1ccnc2cc(C3CCNCC3)nn12. The van der Waals surface area contributed by atoms with Crippen LogP contribution in [0.1, 0.15) is 30.1 Å². The maximum atomic E-state index is 5.71. The monoisotopic (exact) mass is 231 g/mol. The lowest BCUT2D eigenvalue weighted by atomic mass is 9.95. The van der Waals surface area contributed by atoms with Crippen molar-refractivity contribution in [2.24, 2.45) is 5.73 Å². The first kappa shape index (κ1) is 10.7. The number of nitrogens with two attached hydrogens (primary N) is 1. The van der Waals surface area contributed by atoms with E-state index in [9.17, 15) is 0 Å². The van der Waals surface area contributed by atoms with E-state index in [2.05, 4.69) is 21.5 Å². The summed E-state index contributed by atoms with van der Waals surface area (Å²) in [6.45, 7) is 2.65. The molecule has 1 aliphatic heterocycles. The van der Waals surface area contributed by atoms with E-state index in [-0.39, 0.29) is 0 Å². The van der Waals surface area contributed by atoms with Crippen LogP contribution in [0, 0.1) is 0 Å². The van der Waals surface area contributed by atoms with Crippen LogP contribution in [-0.2, 0) is 6.54 Å². The Balaban J connectivity index is 2.00. The summed E-state index contributed by atoms with van der Waals surface area (Å²) in [6, 6.07) is 4.02. The lowest BCUT2D eigenvalue weighted by Gasteiger charge is -2.20. The second-order valence-corrected chi connectivity index (χ2v) is 4.50. The summed E-state index contributed by atoms with van der Waals surface area (Å²) in [7, 11) is 0. The van der Waals surface area contributed by atoms with Gasteiger partial charge in [-0.25, -0.2) is 9.50 Å². The molecule has 0 unspecified atom stereocenters. The number of hydrogen-bond donors (Lipinski definition) is 2. The first-order chi connectivity index (χ1) is 8.38. The molecule has 0 bridgehead atoms. The Morgan fingerprint density at radius 3 is 3.00 bits per heavy atom. The van der Waals surface area contributed by atoms with Gasteiger partial charge in [-0.15, -0.1) is 0 Å². The average molecular weight is 231 g/mol. The molecule has 3 heterocycles. The predicted octanol–water partition coefficient (Wildman–Crippen LogP) is 0.655.